The van der Waals surface area contributed by atoms with Gasteiger partial charge in [0, 0.05) is 22.7 Å². The summed E-state index contributed by atoms with van der Waals surface area (Å²) < 4.78 is 1.63. The lowest BCUT2D eigenvalue weighted by Gasteiger charge is -2.29. The molecule has 0 unspecified atom stereocenters. The molecule has 1 rings (SSSR count). The van der Waals surface area contributed by atoms with Gasteiger partial charge in [0.2, 0.25) is 0 Å². The molecule has 1 nitrogen and oxygen atoms in total. The van der Waals surface area contributed by atoms with Crippen LogP contribution in [-0.4, -0.2) is 17.5 Å². The Morgan fingerprint density at radius 3 is 2.50 bits per heavy atom. The van der Waals surface area contributed by atoms with Crippen molar-refractivity contribution < 1.29 is 0 Å². The molecule has 0 aliphatic heterocycles. The number of rotatable bonds is 7. The van der Waals surface area contributed by atoms with Gasteiger partial charge in [0.05, 0.1) is 3.79 Å². The number of halogens is 1. The molecule has 1 heterocycles. The fraction of sp³-hybridized carbons (Fsp3) is 0.667. The van der Waals surface area contributed by atoms with Crippen molar-refractivity contribution >= 4 is 39.0 Å². The summed E-state index contributed by atoms with van der Waals surface area (Å²) in [6.07, 6.45) is 4.67. The summed E-state index contributed by atoms with van der Waals surface area (Å²) in [6.45, 7) is 6.64. The highest BCUT2D eigenvalue weighted by atomic mass is 79.9. The molecule has 0 aliphatic rings. The Hall–Kier alpha value is 0.490. The third kappa shape index (κ3) is 4.06. The molecule has 4 heteroatoms. The average molecular weight is 322 g/mol. The Balaban J connectivity index is 2.39. The minimum absolute atomic E-state index is 0.411. The molecule has 0 spiro atoms. The van der Waals surface area contributed by atoms with Crippen LogP contribution >= 0.6 is 39.0 Å². The van der Waals surface area contributed by atoms with Crippen molar-refractivity contribution in [2.45, 2.75) is 38.0 Å². The van der Waals surface area contributed by atoms with E-state index in [4.69, 9.17) is 0 Å². The molecule has 92 valence electrons. The maximum atomic E-state index is 3.58. The van der Waals surface area contributed by atoms with Gasteiger partial charge >= 0.3 is 0 Å². The Morgan fingerprint density at radius 2 is 2.06 bits per heavy atom. The highest BCUT2D eigenvalue weighted by molar-refractivity contribution is 9.11. The second-order valence-corrected chi connectivity index (χ2v) is 7.73. The Bertz CT molecular complexity index is 299. The average Bonchev–Trinajstić information content (AvgIpc) is 2.71. The van der Waals surface area contributed by atoms with Crippen molar-refractivity contribution in [3.8, 4) is 0 Å². The zero-order valence-corrected chi connectivity index (χ0v) is 13.4. The summed E-state index contributed by atoms with van der Waals surface area (Å²) >= 11 is 7.29. The standard InChI is InChI=1S/C12H20BrNS2/c1-4-12(5-2,15-3)9-14-8-10-6-7-11(13)16-10/h6-7,14H,4-5,8-9H2,1-3H3. The van der Waals surface area contributed by atoms with E-state index in [-0.39, 0.29) is 0 Å². The van der Waals surface area contributed by atoms with E-state index >= 15 is 0 Å². The smallest absolute Gasteiger partial charge is 0.0701 e. The Morgan fingerprint density at radius 1 is 1.38 bits per heavy atom. The number of hydrogen-bond donors (Lipinski definition) is 1. The maximum absolute atomic E-state index is 3.58. The summed E-state index contributed by atoms with van der Waals surface area (Å²) in [5.74, 6) is 0. The molecule has 0 amide bonds. The van der Waals surface area contributed by atoms with Crippen LogP contribution in [0.4, 0.5) is 0 Å². The highest BCUT2D eigenvalue weighted by Gasteiger charge is 2.23. The van der Waals surface area contributed by atoms with E-state index in [0.29, 0.717) is 4.75 Å². The predicted octanol–water partition coefficient (Wildman–Crippen LogP) is 4.52. The van der Waals surface area contributed by atoms with Crippen LogP contribution in [0.3, 0.4) is 0 Å². The fourth-order valence-corrected chi connectivity index (χ4v) is 4.00. The van der Waals surface area contributed by atoms with Crippen molar-refractivity contribution in [1.82, 2.24) is 5.32 Å². The first-order valence-electron chi connectivity index (χ1n) is 5.66. The first-order valence-corrected chi connectivity index (χ1v) is 8.49. The van der Waals surface area contributed by atoms with Crippen LogP contribution < -0.4 is 5.32 Å². The number of hydrogen-bond acceptors (Lipinski definition) is 3. The van der Waals surface area contributed by atoms with E-state index in [1.165, 1.54) is 21.5 Å². The largest absolute Gasteiger partial charge is 0.310 e. The Kier molecular flexibility index (Phi) is 6.40. The summed E-state index contributed by atoms with van der Waals surface area (Å²) in [7, 11) is 0. The van der Waals surface area contributed by atoms with Gasteiger partial charge in [0.1, 0.15) is 0 Å². The minimum Gasteiger partial charge on any atom is -0.310 e. The molecule has 0 atom stereocenters. The molecular weight excluding hydrogens is 302 g/mol. The molecule has 1 aromatic heterocycles. The molecule has 0 radical (unpaired) electrons. The fourth-order valence-electron chi connectivity index (χ4n) is 1.72. The second kappa shape index (κ2) is 7.04. The molecular formula is C12H20BrNS2. The predicted molar refractivity (Wildman–Crippen MR) is 80.6 cm³/mol. The van der Waals surface area contributed by atoms with Crippen LogP contribution in [-0.2, 0) is 6.54 Å². The van der Waals surface area contributed by atoms with Crippen molar-refractivity contribution in [2.75, 3.05) is 12.8 Å². The van der Waals surface area contributed by atoms with Gasteiger partial charge in [0.15, 0.2) is 0 Å². The number of thioether (sulfide) groups is 1. The van der Waals surface area contributed by atoms with Crippen molar-refractivity contribution in [3.63, 3.8) is 0 Å². The van der Waals surface area contributed by atoms with Crippen LogP contribution in [0.5, 0.6) is 0 Å². The van der Waals surface area contributed by atoms with Crippen molar-refractivity contribution in [1.29, 1.82) is 0 Å². The SMILES string of the molecule is CCC(CC)(CNCc1ccc(Br)s1)SC. The molecule has 16 heavy (non-hydrogen) atoms. The lowest BCUT2D eigenvalue weighted by Crippen LogP contribution is -2.36. The zero-order valence-electron chi connectivity index (χ0n) is 10.2. The maximum Gasteiger partial charge on any atom is 0.0701 e. The number of thiophene rings is 1. The summed E-state index contributed by atoms with van der Waals surface area (Å²) in [5.41, 5.74) is 0. The lowest BCUT2D eigenvalue weighted by atomic mass is 10.0. The van der Waals surface area contributed by atoms with Gasteiger partial charge < -0.3 is 5.32 Å². The van der Waals surface area contributed by atoms with E-state index in [0.717, 1.165) is 13.1 Å². The molecule has 0 bridgehead atoms. The number of nitrogens with one attached hydrogen (secondary N) is 1. The Labute approximate surface area is 116 Å². The van der Waals surface area contributed by atoms with Gasteiger partial charge in [0.25, 0.3) is 0 Å². The first-order chi connectivity index (χ1) is 7.65. The van der Waals surface area contributed by atoms with Gasteiger partial charge in [-0.1, -0.05) is 13.8 Å². The molecule has 0 aliphatic carbocycles. The third-order valence-corrected chi connectivity index (χ3v) is 6.31. The van der Waals surface area contributed by atoms with Gasteiger partial charge in [-0.2, -0.15) is 11.8 Å². The molecule has 0 saturated carbocycles. The van der Waals surface area contributed by atoms with Crippen LogP contribution in [0.1, 0.15) is 31.6 Å². The van der Waals surface area contributed by atoms with Crippen molar-refractivity contribution in [2.24, 2.45) is 0 Å². The van der Waals surface area contributed by atoms with Crippen LogP contribution in [0.2, 0.25) is 0 Å². The molecule has 0 fully saturated rings. The zero-order chi connectivity index (χ0) is 12.0. The van der Waals surface area contributed by atoms with E-state index in [9.17, 15) is 0 Å². The van der Waals surface area contributed by atoms with E-state index in [1.54, 1.807) is 0 Å². The van der Waals surface area contributed by atoms with Gasteiger partial charge in [-0.3, -0.25) is 0 Å². The quantitative estimate of drug-likeness (QED) is 0.792. The summed E-state index contributed by atoms with van der Waals surface area (Å²) in [5, 5.41) is 3.58. The van der Waals surface area contributed by atoms with Gasteiger partial charge in [-0.25, -0.2) is 0 Å². The first kappa shape index (κ1) is 14.6. The summed E-state index contributed by atoms with van der Waals surface area (Å²) in [6, 6.07) is 4.30. The molecule has 0 aromatic carbocycles. The van der Waals surface area contributed by atoms with Gasteiger partial charge in [-0.15, -0.1) is 11.3 Å². The summed E-state index contributed by atoms with van der Waals surface area (Å²) in [4.78, 5) is 1.40. The van der Waals surface area contributed by atoms with Crippen LogP contribution in [0.15, 0.2) is 15.9 Å². The van der Waals surface area contributed by atoms with Crippen molar-refractivity contribution in [3.05, 3.63) is 20.8 Å². The van der Waals surface area contributed by atoms with E-state index in [2.05, 4.69) is 53.5 Å². The third-order valence-electron chi connectivity index (χ3n) is 3.10. The lowest BCUT2D eigenvalue weighted by molar-refractivity contribution is 0.496. The normalized spacial score (nSPS) is 12.0. The van der Waals surface area contributed by atoms with Crippen LogP contribution in [0, 0.1) is 0 Å². The van der Waals surface area contributed by atoms with Crippen LogP contribution in [0.25, 0.3) is 0 Å². The van der Waals surface area contributed by atoms with E-state index < -0.39 is 0 Å². The second-order valence-electron chi connectivity index (χ2n) is 3.90. The van der Waals surface area contributed by atoms with E-state index in [1.807, 2.05) is 23.1 Å². The topological polar surface area (TPSA) is 12.0 Å². The minimum atomic E-state index is 0.411. The van der Waals surface area contributed by atoms with Gasteiger partial charge in [-0.05, 0) is 47.2 Å². The monoisotopic (exact) mass is 321 g/mol. The molecule has 1 N–H and O–H groups in total. The highest BCUT2D eigenvalue weighted by Crippen LogP contribution is 2.29. The molecule has 1 aromatic rings. The molecule has 0 saturated heterocycles.